The Morgan fingerprint density at radius 3 is 2.47 bits per heavy atom. The lowest BCUT2D eigenvalue weighted by atomic mass is 10.1. The molecule has 30 heavy (non-hydrogen) atoms. The molecule has 2 atom stereocenters. The van der Waals surface area contributed by atoms with Crippen LogP contribution in [-0.4, -0.2) is 61.0 Å². The summed E-state index contributed by atoms with van der Waals surface area (Å²) < 4.78 is 33.3. The molecule has 0 saturated carbocycles. The molecule has 2 aromatic carbocycles. The maximum absolute atomic E-state index is 13.2. The molecule has 0 radical (unpaired) electrons. The number of amides is 1. The number of piperazine rings is 1. The van der Waals surface area contributed by atoms with Crippen molar-refractivity contribution in [1.82, 2.24) is 14.7 Å². The van der Waals surface area contributed by atoms with Crippen molar-refractivity contribution in [3.8, 4) is 5.75 Å². The first-order chi connectivity index (χ1) is 14.3. The molecule has 3 rings (SSSR count). The van der Waals surface area contributed by atoms with Crippen LogP contribution in [-0.2, 0) is 21.4 Å². The predicted molar refractivity (Wildman–Crippen MR) is 112 cm³/mol. The third-order valence-corrected chi connectivity index (χ3v) is 7.50. The van der Waals surface area contributed by atoms with Gasteiger partial charge >= 0.3 is 0 Å². The number of nitrogens with one attached hydrogen (secondary N) is 1. The minimum absolute atomic E-state index is 0.0678. The zero-order valence-corrected chi connectivity index (χ0v) is 18.1. The van der Waals surface area contributed by atoms with Gasteiger partial charge in [0, 0.05) is 19.1 Å². The van der Waals surface area contributed by atoms with E-state index in [0.717, 1.165) is 15.4 Å². The first-order valence-electron chi connectivity index (χ1n) is 9.69. The van der Waals surface area contributed by atoms with E-state index in [1.807, 2.05) is 43.1 Å². The third kappa shape index (κ3) is 4.49. The van der Waals surface area contributed by atoms with E-state index in [1.165, 1.54) is 12.1 Å². The fourth-order valence-electron chi connectivity index (χ4n) is 3.54. The molecule has 0 bridgehead atoms. The fourth-order valence-corrected chi connectivity index (χ4v) is 5.19. The summed E-state index contributed by atoms with van der Waals surface area (Å²) >= 11 is 0. The number of sulfonamides is 1. The average Bonchev–Trinajstić information content (AvgIpc) is 2.74. The monoisotopic (exact) mass is 433 g/mol. The molecule has 0 aromatic heterocycles. The normalized spacial score (nSPS) is 20.7. The Labute approximate surface area is 177 Å². The van der Waals surface area contributed by atoms with E-state index >= 15 is 0 Å². The van der Waals surface area contributed by atoms with Gasteiger partial charge in [-0.2, -0.15) is 4.31 Å². The molecule has 8 nitrogen and oxygen atoms in total. The van der Waals surface area contributed by atoms with Crippen molar-refractivity contribution in [3.05, 3.63) is 59.7 Å². The molecule has 1 aliphatic rings. The molecule has 162 valence electrons. The van der Waals surface area contributed by atoms with Gasteiger partial charge in [-0.15, -0.1) is 0 Å². The van der Waals surface area contributed by atoms with Crippen LogP contribution in [0.25, 0.3) is 0 Å². The van der Waals surface area contributed by atoms with Crippen LogP contribution in [0, 0.1) is 6.92 Å². The minimum atomic E-state index is -3.93. The minimum Gasteiger partial charge on any atom is -0.489 e. The third-order valence-electron chi connectivity index (χ3n) is 5.60. The zero-order valence-electron chi connectivity index (χ0n) is 17.3. The molecule has 0 aliphatic carbocycles. The molecule has 9 heteroatoms. The van der Waals surface area contributed by atoms with E-state index in [9.17, 15) is 13.2 Å². The summed E-state index contributed by atoms with van der Waals surface area (Å²) in [7, 11) is -2.12. The van der Waals surface area contributed by atoms with Crippen LogP contribution in [0.4, 0.5) is 0 Å². The van der Waals surface area contributed by atoms with Gasteiger partial charge in [0.2, 0.25) is 10.0 Å². The smallest absolute Gasteiger partial charge is 0.263 e. The van der Waals surface area contributed by atoms with Gasteiger partial charge in [-0.1, -0.05) is 24.3 Å². The van der Waals surface area contributed by atoms with Gasteiger partial charge in [-0.3, -0.25) is 10.0 Å². The van der Waals surface area contributed by atoms with E-state index in [4.69, 9.17) is 9.94 Å². The summed E-state index contributed by atoms with van der Waals surface area (Å²) in [4.78, 5) is 14.2. The standard InChI is InChI=1S/C21H27N3O5S/c1-15-6-4-5-7-17(15)14-29-18-8-10-19(11-9-18)30(27,28)24-13-12-23(3)16(2)20(24)21(25)22-26/h4-11,16,20,26H,12-14H2,1-3H3,(H,22,25)/t16-,20+/m0/s1. The van der Waals surface area contributed by atoms with Crippen molar-refractivity contribution in [2.45, 2.75) is 37.4 Å². The topological polar surface area (TPSA) is 99.2 Å². The van der Waals surface area contributed by atoms with Crippen molar-refractivity contribution < 1.29 is 23.2 Å². The fraction of sp³-hybridized carbons (Fsp3) is 0.381. The lowest BCUT2D eigenvalue weighted by molar-refractivity contribution is -0.136. The molecule has 2 aromatic rings. The largest absolute Gasteiger partial charge is 0.489 e. The average molecular weight is 434 g/mol. The number of carbonyl (C=O) groups is 1. The van der Waals surface area contributed by atoms with Crippen LogP contribution < -0.4 is 10.2 Å². The van der Waals surface area contributed by atoms with E-state index in [-0.39, 0.29) is 11.4 Å². The molecular formula is C21H27N3O5S. The van der Waals surface area contributed by atoms with Gasteiger partial charge in [0.05, 0.1) is 4.90 Å². The molecule has 0 spiro atoms. The summed E-state index contributed by atoms with van der Waals surface area (Å²) in [6, 6.07) is 12.6. The Morgan fingerprint density at radius 2 is 1.83 bits per heavy atom. The van der Waals surface area contributed by atoms with Gasteiger partial charge in [0.25, 0.3) is 5.91 Å². The van der Waals surface area contributed by atoms with Crippen molar-refractivity contribution >= 4 is 15.9 Å². The van der Waals surface area contributed by atoms with Gasteiger partial charge in [-0.05, 0) is 56.3 Å². The molecule has 1 saturated heterocycles. The van der Waals surface area contributed by atoms with Crippen molar-refractivity contribution in [1.29, 1.82) is 0 Å². The van der Waals surface area contributed by atoms with E-state index in [0.29, 0.717) is 18.9 Å². The number of ether oxygens (including phenoxy) is 1. The Morgan fingerprint density at radius 1 is 1.17 bits per heavy atom. The molecular weight excluding hydrogens is 406 g/mol. The molecule has 1 fully saturated rings. The van der Waals surface area contributed by atoms with Gasteiger partial charge in [-0.25, -0.2) is 13.9 Å². The Hall–Kier alpha value is -2.46. The number of hydrogen-bond acceptors (Lipinski definition) is 6. The van der Waals surface area contributed by atoms with Gasteiger partial charge in [0.1, 0.15) is 18.4 Å². The highest BCUT2D eigenvalue weighted by atomic mass is 32.2. The SMILES string of the molecule is Cc1ccccc1COc1ccc(S(=O)(=O)N2CCN(C)[C@@H](C)[C@@H]2C(=O)NO)cc1. The van der Waals surface area contributed by atoms with Gasteiger partial charge in [0.15, 0.2) is 0 Å². The highest BCUT2D eigenvalue weighted by Crippen LogP contribution is 2.26. The number of hydrogen-bond donors (Lipinski definition) is 2. The molecule has 1 aliphatic heterocycles. The number of likely N-dealkylation sites (N-methyl/N-ethyl adjacent to an activating group) is 1. The summed E-state index contributed by atoms with van der Waals surface area (Å²) in [5.41, 5.74) is 3.77. The molecule has 1 heterocycles. The van der Waals surface area contributed by atoms with Crippen LogP contribution in [0.15, 0.2) is 53.4 Å². The maximum atomic E-state index is 13.2. The van der Waals surface area contributed by atoms with E-state index in [2.05, 4.69) is 0 Å². The van der Waals surface area contributed by atoms with Crippen LogP contribution in [0.3, 0.4) is 0 Å². The summed E-state index contributed by atoms with van der Waals surface area (Å²) in [6.07, 6.45) is 0. The van der Waals surface area contributed by atoms with Crippen LogP contribution in [0.1, 0.15) is 18.1 Å². The number of nitrogens with zero attached hydrogens (tertiary/aromatic N) is 2. The predicted octanol–water partition coefficient (Wildman–Crippen LogP) is 1.77. The van der Waals surface area contributed by atoms with Crippen LogP contribution >= 0.6 is 0 Å². The first kappa shape index (κ1) is 22.2. The highest BCUT2D eigenvalue weighted by Gasteiger charge is 2.43. The van der Waals surface area contributed by atoms with Crippen molar-refractivity contribution in [2.75, 3.05) is 20.1 Å². The summed E-state index contributed by atoms with van der Waals surface area (Å²) in [5, 5.41) is 9.10. The Balaban J connectivity index is 1.78. The van der Waals surface area contributed by atoms with Crippen molar-refractivity contribution in [2.24, 2.45) is 0 Å². The Kier molecular flexibility index (Phi) is 6.77. The quantitative estimate of drug-likeness (QED) is 0.532. The number of rotatable bonds is 6. The van der Waals surface area contributed by atoms with E-state index < -0.39 is 28.0 Å². The van der Waals surface area contributed by atoms with Crippen molar-refractivity contribution in [3.63, 3.8) is 0 Å². The Bertz CT molecular complexity index is 994. The second kappa shape index (κ2) is 9.13. The highest BCUT2D eigenvalue weighted by molar-refractivity contribution is 7.89. The lowest BCUT2D eigenvalue weighted by Gasteiger charge is -2.42. The zero-order chi connectivity index (χ0) is 21.9. The number of aryl methyl sites for hydroxylation is 1. The number of benzene rings is 2. The lowest BCUT2D eigenvalue weighted by Crippen LogP contribution is -2.63. The molecule has 0 unspecified atom stereocenters. The second-order valence-electron chi connectivity index (χ2n) is 7.44. The van der Waals surface area contributed by atoms with Crippen LogP contribution in [0.2, 0.25) is 0 Å². The summed E-state index contributed by atoms with van der Waals surface area (Å²) in [6.45, 7) is 4.77. The number of carbonyl (C=O) groups excluding carboxylic acids is 1. The summed E-state index contributed by atoms with van der Waals surface area (Å²) in [5.74, 6) is -0.204. The molecule has 1 amide bonds. The first-order valence-corrected chi connectivity index (χ1v) is 11.1. The molecule has 2 N–H and O–H groups in total. The second-order valence-corrected chi connectivity index (χ2v) is 9.33. The van der Waals surface area contributed by atoms with Crippen LogP contribution in [0.5, 0.6) is 5.75 Å². The maximum Gasteiger partial charge on any atom is 0.263 e. The van der Waals surface area contributed by atoms with Gasteiger partial charge < -0.3 is 9.64 Å². The number of hydroxylamine groups is 1. The van der Waals surface area contributed by atoms with E-state index in [1.54, 1.807) is 24.5 Å².